The van der Waals surface area contributed by atoms with Crippen LogP contribution in [-0.4, -0.2) is 42.3 Å². The van der Waals surface area contributed by atoms with Gasteiger partial charge in [0.2, 0.25) is 0 Å². The minimum atomic E-state index is -0.262. The van der Waals surface area contributed by atoms with Crippen molar-refractivity contribution in [2.45, 2.75) is 37.5 Å². The summed E-state index contributed by atoms with van der Waals surface area (Å²) in [6.07, 6.45) is 2.89. The largest absolute Gasteiger partial charge is 0.391 e. The maximum absolute atomic E-state index is 10.2. The van der Waals surface area contributed by atoms with E-state index in [1.165, 1.54) is 24.0 Å². The van der Waals surface area contributed by atoms with Crippen molar-refractivity contribution < 1.29 is 5.11 Å². The molecule has 18 heavy (non-hydrogen) atoms. The molecule has 0 radical (unpaired) electrons. The maximum atomic E-state index is 10.2. The van der Waals surface area contributed by atoms with Gasteiger partial charge in [0.25, 0.3) is 0 Å². The van der Waals surface area contributed by atoms with Crippen LogP contribution in [0.3, 0.4) is 0 Å². The molecule has 3 nitrogen and oxygen atoms in total. The number of rotatable bonds is 2. The Hall–Kier alpha value is -0.900. The van der Waals surface area contributed by atoms with Crippen LogP contribution in [0, 0.1) is 0 Å². The highest BCUT2D eigenvalue weighted by atomic mass is 16.3. The molecule has 0 spiro atoms. The summed E-state index contributed by atoms with van der Waals surface area (Å²) in [5.41, 5.74) is 2.60. The van der Waals surface area contributed by atoms with Gasteiger partial charge in [-0.05, 0) is 44.1 Å². The predicted octanol–water partition coefficient (Wildman–Crippen LogP) is 1.33. The van der Waals surface area contributed by atoms with E-state index in [1.54, 1.807) is 0 Å². The number of piperidine rings is 1. The molecule has 1 saturated heterocycles. The van der Waals surface area contributed by atoms with E-state index in [0.29, 0.717) is 6.04 Å². The summed E-state index contributed by atoms with van der Waals surface area (Å²) in [5.74, 6) is 0. The van der Waals surface area contributed by atoms with Crippen LogP contribution in [0.2, 0.25) is 0 Å². The monoisotopic (exact) mass is 246 g/mol. The molecule has 1 aromatic rings. The van der Waals surface area contributed by atoms with Gasteiger partial charge in [-0.15, -0.1) is 0 Å². The van der Waals surface area contributed by atoms with Crippen molar-refractivity contribution in [3.05, 3.63) is 35.4 Å². The first-order chi connectivity index (χ1) is 8.74. The maximum Gasteiger partial charge on any atom is 0.0775 e. The zero-order valence-corrected chi connectivity index (χ0v) is 11.0. The third kappa shape index (κ3) is 2.30. The molecule has 3 rings (SSSR count). The fraction of sp³-hybridized carbons (Fsp3) is 0.600. The van der Waals surface area contributed by atoms with Crippen molar-refractivity contribution in [2.75, 3.05) is 20.1 Å². The minimum absolute atomic E-state index is 0.134. The Morgan fingerprint density at radius 2 is 1.94 bits per heavy atom. The summed E-state index contributed by atoms with van der Waals surface area (Å²) in [6, 6.07) is 9.10. The normalized spacial score (nSPS) is 29.4. The second-order valence-electron chi connectivity index (χ2n) is 5.69. The first kappa shape index (κ1) is 12.2. The third-order valence-electron chi connectivity index (χ3n) is 4.34. The second kappa shape index (κ2) is 5.00. The number of fused-ring (bicyclic) bond motifs is 1. The summed E-state index contributed by atoms with van der Waals surface area (Å²) in [4.78, 5) is 2.37. The van der Waals surface area contributed by atoms with Crippen molar-refractivity contribution >= 4 is 0 Å². The highest BCUT2D eigenvalue weighted by Gasteiger charge is 2.32. The highest BCUT2D eigenvalue weighted by Crippen LogP contribution is 2.32. The van der Waals surface area contributed by atoms with Gasteiger partial charge in [-0.25, -0.2) is 0 Å². The number of benzene rings is 1. The van der Waals surface area contributed by atoms with Gasteiger partial charge >= 0.3 is 0 Å². The molecule has 2 N–H and O–H groups in total. The van der Waals surface area contributed by atoms with Crippen LogP contribution in [0.4, 0.5) is 0 Å². The number of nitrogens with zero attached hydrogens (tertiary/aromatic N) is 1. The van der Waals surface area contributed by atoms with Crippen LogP contribution >= 0.6 is 0 Å². The van der Waals surface area contributed by atoms with Crippen molar-refractivity contribution in [1.82, 2.24) is 10.2 Å². The molecular weight excluding hydrogens is 224 g/mol. The van der Waals surface area contributed by atoms with Gasteiger partial charge < -0.3 is 15.3 Å². The quantitative estimate of drug-likeness (QED) is 0.826. The van der Waals surface area contributed by atoms with Crippen LogP contribution in [0.1, 0.15) is 30.0 Å². The van der Waals surface area contributed by atoms with Crippen LogP contribution in [0.25, 0.3) is 0 Å². The Balaban J connectivity index is 1.69. The summed E-state index contributed by atoms with van der Waals surface area (Å²) in [5, 5.41) is 13.9. The van der Waals surface area contributed by atoms with E-state index in [9.17, 15) is 5.11 Å². The average Bonchev–Trinajstić information content (AvgIpc) is 2.69. The van der Waals surface area contributed by atoms with E-state index in [-0.39, 0.29) is 12.1 Å². The molecule has 1 aliphatic carbocycles. The van der Waals surface area contributed by atoms with E-state index >= 15 is 0 Å². The Morgan fingerprint density at radius 3 is 2.72 bits per heavy atom. The van der Waals surface area contributed by atoms with E-state index in [4.69, 9.17) is 0 Å². The lowest BCUT2D eigenvalue weighted by Crippen LogP contribution is -2.44. The van der Waals surface area contributed by atoms with Crippen LogP contribution in [0.5, 0.6) is 0 Å². The number of hydrogen-bond acceptors (Lipinski definition) is 3. The Labute approximate surface area is 109 Å². The number of hydrogen-bond donors (Lipinski definition) is 2. The second-order valence-corrected chi connectivity index (χ2v) is 5.69. The van der Waals surface area contributed by atoms with Gasteiger partial charge in [0.05, 0.1) is 12.1 Å². The van der Waals surface area contributed by atoms with Gasteiger partial charge in [0, 0.05) is 12.5 Å². The standard InChI is InChI=1S/C15H22N2O/c1-17-8-6-12(7-9-17)16-15-13-5-3-2-4-11(13)10-14(15)18/h2-5,12,14-16,18H,6-10H2,1H3/t14-,15+/m0/s1. The molecule has 0 amide bonds. The van der Waals surface area contributed by atoms with Gasteiger partial charge in [-0.2, -0.15) is 0 Å². The Morgan fingerprint density at radius 1 is 1.22 bits per heavy atom. The summed E-state index contributed by atoms with van der Waals surface area (Å²) in [6.45, 7) is 2.31. The van der Waals surface area contributed by atoms with E-state index in [2.05, 4.69) is 41.5 Å². The fourth-order valence-electron chi connectivity index (χ4n) is 3.20. The smallest absolute Gasteiger partial charge is 0.0775 e. The number of aliphatic hydroxyl groups excluding tert-OH is 1. The highest BCUT2D eigenvalue weighted by molar-refractivity contribution is 5.36. The lowest BCUT2D eigenvalue weighted by atomic mass is 10.0. The summed E-state index contributed by atoms with van der Waals surface area (Å²) < 4.78 is 0. The van der Waals surface area contributed by atoms with Crippen molar-refractivity contribution in [1.29, 1.82) is 0 Å². The van der Waals surface area contributed by atoms with Crippen LogP contribution in [0.15, 0.2) is 24.3 Å². The average molecular weight is 246 g/mol. The Kier molecular flexibility index (Phi) is 3.37. The van der Waals surface area contributed by atoms with Gasteiger partial charge in [-0.3, -0.25) is 0 Å². The van der Waals surface area contributed by atoms with E-state index in [1.807, 2.05) is 0 Å². The molecule has 2 atom stereocenters. The molecular formula is C15H22N2O. The lowest BCUT2D eigenvalue weighted by molar-refractivity contribution is 0.123. The zero-order valence-electron chi connectivity index (χ0n) is 11.0. The van der Waals surface area contributed by atoms with Gasteiger partial charge in [-0.1, -0.05) is 24.3 Å². The molecule has 2 aliphatic rings. The number of nitrogens with one attached hydrogen (secondary N) is 1. The van der Waals surface area contributed by atoms with Crippen molar-refractivity contribution in [2.24, 2.45) is 0 Å². The fourth-order valence-corrected chi connectivity index (χ4v) is 3.20. The lowest BCUT2D eigenvalue weighted by Gasteiger charge is -2.32. The molecule has 3 heteroatoms. The van der Waals surface area contributed by atoms with Gasteiger partial charge in [0.15, 0.2) is 0 Å². The predicted molar refractivity (Wildman–Crippen MR) is 72.5 cm³/mol. The topological polar surface area (TPSA) is 35.5 Å². The molecule has 1 aliphatic heterocycles. The number of likely N-dealkylation sites (tertiary alicyclic amines) is 1. The van der Waals surface area contributed by atoms with Crippen molar-refractivity contribution in [3.63, 3.8) is 0 Å². The molecule has 0 unspecified atom stereocenters. The van der Waals surface area contributed by atoms with Crippen LogP contribution in [-0.2, 0) is 6.42 Å². The zero-order chi connectivity index (χ0) is 12.5. The molecule has 1 fully saturated rings. The SMILES string of the molecule is CN1CCC(N[C@@H]2c3ccccc3C[C@@H]2O)CC1. The molecule has 1 aromatic carbocycles. The third-order valence-corrected chi connectivity index (χ3v) is 4.34. The first-order valence-corrected chi connectivity index (χ1v) is 6.94. The summed E-state index contributed by atoms with van der Waals surface area (Å²) >= 11 is 0. The molecule has 98 valence electrons. The van der Waals surface area contributed by atoms with Gasteiger partial charge in [0.1, 0.15) is 0 Å². The van der Waals surface area contributed by atoms with Crippen molar-refractivity contribution in [3.8, 4) is 0 Å². The van der Waals surface area contributed by atoms with E-state index < -0.39 is 0 Å². The summed E-state index contributed by atoms with van der Waals surface area (Å²) in [7, 11) is 2.18. The number of aliphatic hydroxyl groups is 1. The molecule has 0 aromatic heterocycles. The molecule has 0 bridgehead atoms. The van der Waals surface area contributed by atoms with E-state index in [0.717, 1.165) is 19.5 Å². The molecule has 1 heterocycles. The first-order valence-electron chi connectivity index (χ1n) is 6.94. The van der Waals surface area contributed by atoms with Crippen LogP contribution < -0.4 is 5.32 Å². The Bertz CT molecular complexity index is 413. The minimum Gasteiger partial charge on any atom is -0.391 e. The molecule has 0 saturated carbocycles.